The van der Waals surface area contributed by atoms with E-state index in [1.54, 1.807) is 0 Å². The number of hydrogen-bond acceptors (Lipinski definition) is 7. The highest BCUT2D eigenvalue weighted by atomic mass is 16.5. The van der Waals surface area contributed by atoms with Gasteiger partial charge in [-0.2, -0.15) is 0 Å². The lowest BCUT2D eigenvalue weighted by molar-refractivity contribution is -0.139. The predicted molar refractivity (Wildman–Crippen MR) is 90.9 cm³/mol. The molecule has 1 aromatic rings. The summed E-state index contributed by atoms with van der Waals surface area (Å²) in [4.78, 5) is 15.3. The molecule has 4 N–H and O–H groups in total. The number of carbonyl (C=O) groups is 1. The minimum atomic E-state index is -1.57. The van der Waals surface area contributed by atoms with Crippen molar-refractivity contribution < 1.29 is 30.0 Å². The van der Waals surface area contributed by atoms with Crippen molar-refractivity contribution in [3.8, 4) is 0 Å². The van der Waals surface area contributed by atoms with E-state index in [2.05, 4.69) is 0 Å². The summed E-state index contributed by atoms with van der Waals surface area (Å²) in [6.45, 7) is 0.793. The fourth-order valence-corrected chi connectivity index (χ4v) is 2.80. The summed E-state index contributed by atoms with van der Waals surface area (Å²) >= 11 is 0. The molecular weight excluding hydrogens is 328 g/mol. The summed E-state index contributed by atoms with van der Waals surface area (Å²) in [6, 6.07) is 7.46. The van der Waals surface area contributed by atoms with E-state index in [1.807, 2.05) is 43.3 Å². The number of ether oxygens (including phenoxy) is 1. The predicted octanol–water partition coefficient (Wildman–Crippen LogP) is -0.926. The summed E-state index contributed by atoms with van der Waals surface area (Å²) in [5, 5.41) is 38.5. The van der Waals surface area contributed by atoms with E-state index >= 15 is 0 Å². The smallest absolute Gasteiger partial charge is 0.221 e. The molecule has 8 heteroatoms. The van der Waals surface area contributed by atoms with Crippen molar-refractivity contribution in [3.05, 3.63) is 29.8 Å². The van der Waals surface area contributed by atoms with Crippen LogP contribution in [0, 0.1) is 0 Å². The van der Waals surface area contributed by atoms with Crippen molar-refractivity contribution in [1.29, 1.82) is 0 Å². The zero-order valence-electron chi connectivity index (χ0n) is 14.6. The van der Waals surface area contributed by atoms with Crippen LogP contribution in [0.3, 0.4) is 0 Å². The van der Waals surface area contributed by atoms with Crippen molar-refractivity contribution in [1.82, 2.24) is 4.90 Å². The normalized spacial score (nSPS) is 24.0. The maximum atomic E-state index is 11.9. The van der Waals surface area contributed by atoms with Crippen molar-refractivity contribution in [2.75, 3.05) is 32.1 Å². The van der Waals surface area contributed by atoms with Crippen LogP contribution in [0.5, 0.6) is 0 Å². The van der Waals surface area contributed by atoms with E-state index in [4.69, 9.17) is 9.84 Å². The molecular formula is C17H26N2O6. The Kier molecular flexibility index (Phi) is 6.36. The highest BCUT2D eigenvalue weighted by Gasteiger charge is 2.42. The minimum Gasteiger partial charge on any atom is -0.394 e. The number of aliphatic hydroxyl groups is 4. The average Bonchev–Trinajstić information content (AvgIpc) is 3.05. The first-order chi connectivity index (χ1) is 11.8. The molecule has 0 unspecified atom stereocenters. The molecule has 1 heterocycles. The standard InChI is InChI=1S/C17H26N2O6/c1-10(21)19-8-14(16(24)15(23)13(22)9-20)25-17(19)11-4-6-12(7-5-11)18(2)3/h4-7,13-17,20,22-24H,8-9H2,1-3H3/t13-,14+,15-,16-,17-/m1/s1. The topological polar surface area (TPSA) is 114 Å². The molecule has 0 aromatic heterocycles. The second kappa shape index (κ2) is 8.11. The van der Waals surface area contributed by atoms with Crippen LogP contribution in [0.15, 0.2) is 24.3 Å². The first-order valence-electron chi connectivity index (χ1n) is 8.11. The maximum absolute atomic E-state index is 11.9. The van der Waals surface area contributed by atoms with E-state index in [0.717, 1.165) is 11.3 Å². The van der Waals surface area contributed by atoms with Gasteiger partial charge in [0.15, 0.2) is 6.23 Å². The molecule has 1 saturated heterocycles. The first-order valence-corrected chi connectivity index (χ1v) is 8.11. The monoisotopic (exact) mass is 354 g/mol. The Hall–Kier alpha value is -1.71. The second-order valence-electron chi connectivity index (χ2n) is 6.42. The summed E-state index contributed by atoms with van der Waals surface area (Å²) in [5.74, 6) is -0.228. The van der Waals surface area contributed by atoms with Gasteiger partial charge in [-0.15, -0.1) is 0 Å². The number of rotatable bonds is 6. The number of amides is 1. The molecule has 0 spiro atoms. The highest BCUT2D eigenvalue weighted by molar-refractivity contribution is 5.74. The van der Waals surface area contributed by atoms with E-state index < -0.39 is 37.3 Å². The first kappa shape index (κ1) is 19.6. The van der Waals surface area contributed by atoms with E-state index in [-0.39, 0.29) is 12.5 Å². The number of nitrogens with zero attached hydrogens (tertiary/aromatic N) is 2. The quantitative estimate of drug-likeness (QED) is 0.522. The van der Waals surface area contributed by atoms with Gasteiger partial charge < -0.3 is 35.0 Å². The lowest BCUT2D eigenvalue weighted by Crippen LogP contribution is -2.47. The zero-order valence-corrected chi connectivity index (χ0v) is 14.6. The maximum Gasteiger partial charge on any atom is 0.221 e. The fourth-order valence-electron chi connectivity index (χ4n) is 2.80. The molecule has 1 aliphatic heterocycles. The van der Waals surface area contributed by atoms with Crippen LogP contribution >= 0.6 is 0 Å². The number of hydrogen-bond donors (Lipinski definition) is 4. The Morgan fingerprint density at radius 1 is 1.28 bits per heavy atom. The average molecular weight is 354 g/mol. The third kappa shape index (κ3) is 4.28. The molecule has 5 atom stereocenters. The molecule has 0 saturated carbocycles. The van der Waals surface area contributed by atoms with Crippen LogP contribution in [0.25, 0.3) is 0 Å². The Labute approximate surface area is 146 Å². The van der Waals surface area contributed by atoms with E-state index in [1.165, 1.54) is 11.8 Å². The summed E-state index contributed by atoms with van der Waals surface area (Å²) in [6.07, 6.45) is -6.05. The van der Waals surface area contributed by atoms with Gasteiger partial charge in [-0.25, -0.2) is 0 Å². The molecule has 0 bridgehead atoms. The van der Waals surface area contributed by atoms with Gasteiger partial charge in [-0.05, 0) is 12.1 Å². The molecule has 1 aliphatic rings. The number of benzene rings is 1. The van der Waals surface area contributed by atoms with Gasteiger partial charge in [0, 0.05) is 32.3 Å². The third-order valence-corrected chi connectivity index (χ3v) is 4.37. The summed E-state index contributed by atoms with van der Waals surface area (Å²) in [5.41, 5.74) is 1.74. The van der Waals surface area contributed by atoms with Gasteiger partial charge in [0.1, 0.15) is 24.4 Å². The van der Waals surface area contributed by atoms with Gasteiger partial charge in [-0.3, -0.25) is 4.79 Å². The number of carbonyl (C=O) groups excluding carboxylic acids is 1. The number of aliphatic hydroxyl groups excluding tert-OH is 4. The van der Waals surface area contributed by atoms with Crippen LogP contribution in [0.4, 0.5) is 5.69 Å². The molecule has 140 valence electrons. The van der Waals surface area contributed by atoms with Crippen LogP contribution in [-0.4, -0.2) is 82.9 Å². The molecule has 2 rings (SSSR count). The Morgan fingerprint density at radius 3 is 2.36 bits per heavy atom. The third-order valence-electron chi connectivity index (χ3n) is 4.37. The van der Waals surface area contributed by atoms with Crippen LogP contribution in [0.1, 0.15) is 18.7 Å². The van der Waals surface area contributed by atoms with Gasteiger partial charge in [0.2, 0.25) is 5.91 Å². The lowest BCUT2D eigenvalue weighted by Gasteiger charge is -2.25. The SMILES string of the molecule is CC(=O)N1C[C@@H]([C@@H](O)[C@H](O)[C@H](O)CO)O[C@@H]1c1ccc(N(C)C)cc1. The minimum absolute atomic E-state index is 0.0752. The van der Waals surface area contributed by atoms with E-state index in [9.17, 15) is 20.1 Å². The Bertz CT molecular complexity index is 579. The summed E-state index contributed by atoms with van der Waals surface area (Å²) < 4.78 is 5.79. The largest absolute Gasteiger partial charge is 0.394 e. The van der Waals surface area contributed by atoms with Gasteiger partial charge in [0.25, 0.3) is 0 Å². The molecule has 1 amide bonds. The Morgan fingerprint density at radius 2 is 1.88 bits per heavy atom. The zero-order chi connectivity index (χ0) is 18.7. The fraction of sp³-hybridized carbons (Fsp3) is 0.588. The van der Waals surface area contributed by atoms with Gasteiger partial charge >= 0.3 is 0 Å². The Balaban J connectivity index is 2.18. The van der Waals surface area contributed by atoms with Crippen molar-refractivity contribution in [2.45, 2.75) is 37.6 Å². The molecule has 25 heavy (non-hydrogen) atoms. The molecule has 1 fully saturated rings. The summed E-state index contributed by atoms with van der Waals surface area (Å²) in [7, 11) is 3.84. The highest BCUT2D eigenvalue weighted by Crippen LogP contribution is 2.33. The second-order valence-corrected chi connectivity index (χ2v) is 6.42. The van der Waals surface area contributed by atoms with E-state index in [0.29, 0.717) is 0 Å². The molecule has 8 nitrogen and oxygen atoms in total. The molecule has 0 aliphatic carbocycles. The van der Waals surface area contributed by atoms with Crippen molar-refractivity contribution in [3.63, 3.8) is 0 Å². The van der Waals surface area contributed by atoms with Crippen LogP contribution in [-0.2, 0) is 9.53 Å². The molecule has 0 radical (unpaired) electrons. The van der Waals surface area contributed by atoms with Crippen LogP contribution in [0.2, 0.25) is 0 Å². The van der Waals surface area contributed by atoms with Crippen molar-refractivity contribution in [2.24, 2.45) is 0 Å². The van der Waals surface area contributed by atoms with Gasteiger partial charge in [-0.1, -0.05) is 12.1 Å². The van der Waals surface area contributed by atoms with Crippen LogP contribution < -0.4 is 4.90 Å². The van der Waals surface area contributed by atoms with Gasteiger partial charge in [0.05, 0.1) is 13.2 Å². The molecule has 1 aromatic carbocycles. The van der Waals surface area contributed by atoms with Crippen molar-refractivity contribution >= 4 is 11.6 Å². The number of anilines is 1. The lowest BCUT2D eigenvalue weighted by atomic mass is 10.0.